The zero-order valence-electron chi connectivity index (χ0n) is 67.2. The monoisotopic (exact) mass is 1610 g/mol. The number of rotatable bonds is 9. The van der Waals surface area contributed by atoms with E-state index in [1.807, 2.05) is 35.3 Å². The van der Waals surface area contributed by atoms with Crippen LogP contribution in [0.5, 0.6) is 0 Å². The molecule has 6 nitrogen and oxygen atoms in total. The van der Waals surface area contributed by atoms with E-state index in [9.17, 15) is 0 Å². The summed E-state index contributed by atoms with van der Waals surface area (Å²) in [5, 5.41) is 20.4. The number of imidazole rings is 3. The van der Waals surface area contributed by atoms with Crippen LogP contribution in [0, 0.1) is 0 Å². The van der Waals surface area contributed by atoms with Gasteiger partial charge in [0.1, 0.15) is 17.5 Å². The van der Waals surface area contributed by atoms with Crippen molar-refractivity contribution in [3.05, 3.63) is 388 Å². The summed E-state index contributed by atoms with van der Waals surface area (Å²) in [4.78, 5) is 22.7. The van der Waals surface area contributed by atoms with Gasteiger partial charge in [-0.1, -0.05) is 347 Å². The van der Waals surface area contributed by atoms with E-state index in [1.54, 1.807) is 0 Å². The zero-order valence-corrected chi connectivity index (χ0v) is 69.7. The van der Waals surface area contributed by atoms with E-state index >= 15 is 0 Å². The van der Waals surface area contributed by atoms with Gasteiger partial charge in [-0.25, -0.2) is 15.0 Å². The predicted octanol–water partition coefficient (Wildman–Crippen LogP) is 31.4. The Balaban J connectivity index is 0.000000104. The summed E-state index contributed by atoms with van der Waals surface area (Å²) in [6.07, 6.45) is 2.66. The van der Waals surface area contributed by atoms with Crippen LogP contribution in [0.1, 0.15) is 38.2 Å². The number of benzene rings is 20. The molecule has 20 aromatic carbocycles. The van der Waals surface area contributed by atoms with Crippen molar-refractivity contribution in [2.24, 2.45) is 0 Å². The van der Waals surface area contributed by atoms with Crippen molar-refractivity contribution in [2.75, 3.05) is 0 Å². The molecule has 6 heterocycles. The summed E-state index contributed by atoms with van der Waals surface area (Å²) in [7, 11) is 0. The quantitative estimate of drug-likeness (QED) is 0.134. The third kappa shape index (κ3) is 11.4. The van der Waals surface area contributed by atoms with E-state index < -0.39 is 0 Å². The second-order valence-electron chi connectivity index (χ2n) is 31.9. The zero-order chi connectivity index (χ0) is 80.8. The molecule has 576 valence electrons. The first kappa shape index (κ1) is 72.0. The van der Waals surface area contributed by atoms with Crippen LogP contribution in [0.3, 0.4) is 0 Å². The highest BCUT2D eigenvalue weighted by Gasteiger charge is 2.30. The lowest BCUT2D eigenvalue weighted by atomic mass is 9.84. The highest BCUT2D eigenvalue weighted by Crippen LogP contribution is 2.54. The average molecular weight is 1610 g/mol. The lowest BCUT2D eigenvalue weighted by Crippen LogP contribution is -2.06. The van der Waals surface area contributed by atoms with Crippen molar-refractivity contribution < 1.29 is 0 Å². The maximum Gasteiger partial charge on any atom is 0.114 e. The number of para-hydroxylation sites is 3. The molecule has 3 aliphatic rings. The number of aryl methyl sites for hydroxylation is 3. The van der Waals surface area contributed by atoms with Gasteiger partial charge in [0.25, 0.3) is 0 Å². The maximum atomic E-state index is 5.02. The summed E-state index contributed by atoms with van der Waals surface area (Å²) in [5.41, 5.74) is 25.8. The largest absolute Gasteiger partial charge is 0.294 e. The van der Waals surface area contributed by atoms with Crippen LogP contribution < -0.4 is 0 Å². The number of fused-ring (bicyclic) bond motifs is 14. The molecule has 26 rings (SSSR count). The summed E-state index contributed by atoms with van der Waals surface area (Å²) in [5.74, 6) is 3.33. The lowest BCUT2D eigenvalue weighted by molar-refractivity contribution is 0.888. The van der Waals surface area contributed by atoms with Gasteiger partial charge < -0.3 is 0 Å². The van der Waals surface area contributed by atoms with E-state index in [1.165, 1.54) is 216 Å². The van der Waals surface area contributed by atoms with Crippen molar-refractivity contribution in [1.29, 1.82) is 0 Å². The number of aromatic nitrogens is 6. The van der Waals surface area contributed by atoms with Gasteiger partial charge in [-0.3, -0.25) is 13.7 Å². The van der Waals surface area contributed by atoms with Gasteiger partial charge in [0.15, 0.2) is 0 Å². The highest BCUT2D eigenvalue weighted by atomic mass is 32.2. The van der Waals surface area contributed by atoms with E-state index in [0.717, 1.165) is 53.3 Å². The molecule has 0 amide bonds. The van der Waals surface area contributed by atoms with Crippen molar-refractivity contribution in [1.82, 2.24) is 28.7 Å². The second kappa shape index (κ2) is 29.1. The van der Waals surface area contributed by atoms with E-state index in [-0.39, 0.29) is 0 Å². The first-order chi connectivity index (χ1) is 60.4. The molecule has 0 radical (unpaired) electrons. The maximum absolute atomic E-state index is 5.02. The molecule has 0 saturated carbocycles. The van der Waals surface area contributed by atoms with Crippen molar-refractivity contribution in [3.8, 4) is 83.8 Å². The Morgan fingerprint density at radius 1 is 0.205 bits per heavy atom. The Morgan fingerprint density at radius 2 is 0.484 bits per heavy atom. The molecular formula is C113H76N6S3. The van der Waals surface area contributed by atoms with Crippen molar-refractivity contribution >= 4 is 155 Å². The number of hydrogen-bond acceptors (Lipinski definition) is 6. The molecule has 3 aromatic heterocycles. The molecule has 0 spiro atoms. The fraction of sp³-hybridized carbons (Fsp3) is 0.0531. The Morgan fingerprint density at radius 3 is 0.844 bits per heavy atom. The predicted molar refractivity (Wildman–Crippen MR) is 516 cm³/mol. The first-order valence-corrected chi connectivity index (χ1v) is 44.7. The van der Waals surface area contributed by atoms with Gasteiger partial charge >= 0.3 is 0 Å². The molecule has 9 heteroatoms. The van der Waals surface area contributed by atoms with E-state index in [0.29, 0.717) is 0 Å². The first-order valence-electron chi connectivity index (χ1n) is 42.2. The van der Waals surface area contributed by atoms with Crippen LogP contribution in [-0.4, -0.2) is 28.7 Å². The van der Waals surface area contributed by atoms with Gasteiger partial charge in [0.05, 0.1) is 50.2 Å². The standard InChI is InChI=1S/2C39H26N2S.C35H24N2S/c1-2-36-40-32-19-10-20-35-39(32)41(36)33-23-25(21-22-34(33)42-35)37-28-14-5-7-16-30(28)38(31-17-8-6-15-29(31)37)27-18-9-12-24-11-3-4-13-26(24)27;1-2-36-40-32-16-9-17-35-39(32)41(36)33-23-27(20-21-34(33)42-35)38-30-14-7-5-12-28(30)37(29-13-6-8-15-31(29)38)26-19-18-24-10-3-4-11-25(24)22-26;1-2-32-36-28-17-10-18-31-35(28)37(32)29-21-23(19-20-30(29)38-31)34-26-15-8-6-13-24(26)33(22-11-4-3-5-12-22)25-14-7-9-16-27(25)34/h2*3-23H,2H2,1H3;3-21H,2H2,1H3. The van der Waals surface area contributed by atoms with Crippen LogP contribution in [0.2, 0.25) is 0 Å². The molecular weight excluding hydrogens is 1540 g/mol. The summed E-state index contributed by atoms with van der Waals surface area (Å²) in [6, 6.07) is 135. The Bertz CT molecular complexity index is 8150. The summed E-state index contributed by atoms with van der Waals surface area (Å²) < 4.78 is 7.19. The Labute approximate surface area is 718 Å². The minimum absolute atomic E-state index is 0.883. The van der Waals surface area contributed by atoms with Gasteiger partial charge in [-0.2, -0.15) is 0 Å². The molecule has 3 aliphatic heterocycles. The molecule has 122 heavy (non-hydrogen) atoms. The van der Waals surface area contributed by atoms with E-state index in [2.05, 4.69) is 405 Å². The fourth-order valence-electron chi connectivity index (χ4n) is 19.9. The van der Waals surface area contributed by atoms with Crippen molar-refractivity contribution in [3.63, 3.8) is 0 Å². The SMILES string of the molecule is CCc1nc2cccc3c2n1-c1cc(-c2c4ccccc4c(-c4ccc5ccccc5c4)c4ccccc24)ccc1S3.CCc1nc2cccc3c2n1-c1cc(-c2c4ccccc4c(-c4cccc5ccccc45)c4ccccc24)ccc1S3.CCc1nc2cccc3c2n1-c1cc(-c2c4ccccc4c(-c4ccccc4)c4ccccc24)ccc1S3. The van der Waals surface area contributed by atoms with Crippen LogP contribution in [0.15, 0.2) is 399 Å². The fourth-order valence-corrected chi connectivity index (χ4v) is 23.1. The molecule has 0 atom stereocenters. The molecule has 0 saturated heterocycles. The van der Waals surface area contributed by atoms with Crippen LogP contribution in [0.4, 0.5) is 0 Å². The molecule has 0 fully saturated rings. The van der Waals surface area contributed by atoms with Crippen LogP contribution in [0.25, 0.3) is 203 Å². The highest BCUT2D eigenvalue weighted by molar-refractivity contribution is 8.00. The Hall–Kier alpha value is -14.1. The van der Waals surface area contributed by atoms with Crippen LogP contribution in [-0.2, 0) is 19.3 Å². The molecule has 0 bridgehead atoms. The van der Waals surface area contributed by atoms with E-state index in [4.69, 9.17) is 15.0 Å². The molecule has 23 aromatic rings. The normalized spacial score (nSPS) is 12.4. The van der Waals surface area contributed by atoms with Gasteiger partial charge in [-0.05, 0) is 232 Å². The van der Waals surface area contributed by atoms with Gasteiger partial charge in [-0.15, -0.1) is 0 Å². The lowest BCUT2D eigenvalue weighted by Gasteiger charge is -2.22. The smallest absolute Gasteiger partial charge is 0.114 e. The number of nitrogens with zero attached hydrogens (tertiary/aromatic N) is 6. The molecule has 0 unspecified atom stereocenters. The third-order valence-corrected chi connectivity index (χ3v) is 28.5. The third-order valence-electron chi connectivity index (χ3n) is 25.2. The van der Waals surface area contributed by atoms with Gasteiger partial charge in [0, 0.05) is 48.6 Å². The van der Waals surface area contributed by atoms with Crippen molar-refractivity contribution in [2.45, 2.75) is 69.4 Å². The molecule has 0 aliphatic carbocycles. The average Bonchev–Trinajstić information content (AvgIpc) is 1.18. The topological polar surface area (TPSA) is 53.5 Å². The van der Waals surface area contributed by atoms with Gasteiger partial charge in [0.2, 0.25) is 0 Å². The van der Waals surface area contributed by atoms with Crippen LogP contribution >= 0.6 is 35.3 Å². The minimum atomic E-state index is 0.883. The molecule has 0 N–H and O–H groups in total. The Kier molecular flexibility index (Phi) is 17.2. The summed E-state index contributed by atoms with van der Waals surface area (Å²) in [6.45, 7) is 6.59. The number of hydrogen-bond donors (Lipinski definition) is 0. The summed E-state index contributed by atoms with van der Waals surface area (Å²) >= 11 is 5.55. The minimum Gasteiger partial charge on any atom is -0.294 e. The second-order valence-corrected chi connectivity index (χ2v) is 35.1.